The van der Waals surface area contributed by atoms with Crippen LogP contribution in [0.25, 0.3) is 10.9 Å². The zero-order chi connectivity index (χ0) is 10.1. The zero-order valence-corrected chi connectivity index (χ0v) is 9.95. The number of aromatic nitrogens is 1. The van der Waals surface area contributed by atoms with E-state index in [-0.39, 0.29) is 12.4 Å². The van der Waals surface area contributed by atoms with Crippen molar-refractivity contribution < 1.29 is 0 Å². The molecule has 0 fully saturated rings. The van der Waals surface area contributed by atoms with Crippen LogP contribution >= 0.6 is 12.4 Å². The second-order valence-corrected chi connectivity index (χ2v) is 3.80. The summed E-state index contributed by atoms with van der Waals surface area (Å²) in [5.41, 5.74) is 10.8. The molecule has 1 aromatic carbocycles. The van der Waals surface area contributed by atoms with Gasteiger partial charge in [0.1, 0.15) is 0 Å². The Kier molecular flexibility index (Phi) is 3.77. The van der Waals surface area contributed by atoms with Gasteiger partial charge in [-0.15, -0.1) is 12.4 Å². The zero-order valence-electron chi connectivity index (χ0n) is 9.13. The van der Waals surface area contributed by atoms with Gasteiger partial charge in [-0.2, -0.15) is 0 Å². The molecule has 0 aliphatic rings. The maximum atomic E-state index is 5.58. The third-order valence-corrected chi connectivity index (χ3v) is 2.75. The molecular formula is C12H17ClN2. The van der Waals surface area contributed by atoms with Gasteiger partial charge < -0.3 is 10.7 Å². The Balaban J connectivity index is 0.00000112. The smallest absolute Gasteiger partial charge is 0.0489 e. The number of hydrogen-bond donors (Lipinski definition) is 2. The van der Waals surface area contributed by atoms with Gasteiger partial charge in [0.15, 0.2) is 0 Å². The molecular weight excluding hydrogens is 208 g/mol. The van der Waals surface area contributed by atoms with E-state index >= 15 is 0 Å². The van der Waals surface area contributed by atoms with Gasteiger partial charge in [0.2, 0.25) is 0 Å². The molecule has 0 aliphatic heterocycles. The molecule has 0 saturated carbocycles. The number of nitrogens with one attached hydrogen (secondary N) is 1. The van der Waals surface area contributed by atoms with E-state index in [9.17, 15) is 0 Å². The summed E-state index contributed by atoms with van der Waals surface area (Å²) in [7, 11) is 0. The Morgan fingerprint density at radius 3 is 2.53 bits per heavy atom. The Morgan fingerprint density at radius 1 is 1.20 bits per heavy atom. The van der Waals surface area contributed by atoms with Crippen LogP contribution in [0.15, 0.2) is 18.3 Å². The lowest BCUT2D eigenvalue weighted by Crippen LogP contribution is -2.02. The van der Waals surface area contributed by atoms with Crippen molar-refractivity contribution in [1.29, 1.82) is 0 Å². The number of benzene rings is 1. The van der Waals surface area contributed by atoms with Crippen molar-refractivity contribution in [3.05, 3.63) is 35.0 Å². The number of aromatic amines is 1. The first-order chi connectivity index (χ1) is 6.74. The van der Waals surface area contributed by atoms with Gasteiger partial charge in [-0.05, 0) is 43.5 Å². The Morgan fingerprint density at radius 2 is 1.87 bits per heavy atom. The van der Waals surface area contributed by atoms with Gasteiger partial charge in [0, 0.05) is 17.1 Å². The third-order valence-electron chi connectivity index (χ3n) is 2.75. The Bertz CT molecular complexity index is 460. The number of halogens is 1. The summed E-state index contributed by atoms with van der Waals surface area (Å²) in [5, 5.41) is 1.36. The van der Waals surface area contributed by atoms with Crippen LogP contribution in [0.4, 0.5) is 0 Å². The fourth-order valence-corrected chi connectivity index (χ4v) is 1.99. The highest BCUT2D eigenvalue weighted by Crippen LogP contribution is 2.25. The van der Waals surface area contributed by atoms with Crippen LogP contribution in [0.2, 0.25) is 0 Å². The first-order valence-corrected chi connectivity index (χ1v) is 5.00. The van der Waals surface area contributed by atoms with Gasteiger partial charge in [-0.25, -0.2) is 0 Å². The van der Waals surface area contributed by atoms with Crippen LogP contribution < -0.4 is 5.73 Å². The van der Waals surface area contributed by atoms with E-state index in [1.807, 2.05) is 0 Å². The van der Waals surface area contributed by atoms with Crippen LogP contribution in [0.1, 0.15) is 16.7 Å². The molecule has 0 spiro atoms. The first kappa shape index (κ1) is 12.1. The van der Waals surface area contributed by atoms with E-state index < -0.39 is 0 Å². The molecule has 0 bridgehead atoms. The van der Waals surface area contributed by atoms with Crippen molar-refractivity contribution in [1.82, 2.24) is 4.98 Å². The molecule has 0 unspecified atom stereocenters. The summed E-state index contributed by atoms with van der Waals surface area (Å²) in [6.07, 6.45) is 3.03. The molecule has 2 nitrogen and oxygen atoms in total. The lowest BCUT2D eigenvalue weighted by atomic mass is 10.0. The van der Waals surface area contributed by atoms with E-state index in [1.54, 1.807) is 0 Å². The lowest BCUT2D eigenvalue weighted by molar-refractivity contribution is 0.976. The van der Waals surface area contributed by atoms with Crippen LogP contribution in [-0.4, -0.2) is 11.5 Å². The molecule has 82 valence electrons. The van der Waals surface area contributed by atoms with Crippen LogP contribution in [-0.2, 0) is 6.42 Å². The summed E-state index contributed by atoms with van der Waals surface area (Å²) < 4.78 is 0. The van der Waals surface area contributed by atoms with Crippen LogP contribution in [0, 0.1) is 13.8 Å². The second kappa shape index (κ2) is 4.69. The first-order valence-electron chi connectivity index (χ1n) is 5.00. The number of H-pyrrole nitrogens is 1. The predicted octanol–water partition coefficient (Wildman–Crippen LogP) is 2.71. The van der Waals surface area contributed by atoms with Crippen LogP contribution in [0.5, 0.6) is 0 Å². The lowest BCUT2D eigenvalue weighted by Gasteiger charge is -2.02. The molecule has 3 heteroatoms. The van der Waals surface area contributed by atoms with Gasteiger partial charge in [0.05, 0.1) is 0 Å². The van der Waals surface area contributed by atoms with Gasteiger partial charge >= 0.3 is 0 Å². The normalized spacial score (nSPS) is 10.3. The highest BCUT2D eigenvalue weighted by molar-refractivity contribution is 5.88. The molecule has 3 N–H and O–H groups in total. The van der Waals surface area contributed by atoms with Crippen molar-refractivity contribution in [3.63, 3.8) is 0 Å². The SMILES string of the molecule is Cc1ccc(C)c2c(CCN)c[nH]c12.Cl. The molecule has 1 aromatic heterocycles. The quantitative estimate of drug-likeness (QED) is 0.809. The topological polar surface area (TPSA) is 41.8 Å². The summed E-state index contributed by atoms with van der Waals surface area (Å²) in [6, 6.07) is 4.33. The fourth-order valence-electron chi connectivity index (χ4n) is 1.99. The minimum absolute atomic E-state index is 0. The third kappa shape index (κ3) is 2.01. The van der Waals surface area contributed by atoms with Crippen molar-refractivity contribution in [2.24, 2.45) is 5.73 Å². The molecule has 0 aliphatic carbocycles. The highest BCUT2D eigenvalue weighted by atomic mass is 35.5. The summed E-state index contributed by atoms with van der Waals surface area (Å²) in [6.45, 7) is 4.99. The molecule has 0 radical (unpaired) electrons. The predicted molar refractivity (Wildman–Crippen MR) is 67.8 cm³/mol. The number of fused-ring (bicyclic) bond motifs is 1. The minimum Gasteiger partial charge on any atom is -0.361 e. The van der Waals surface area contributed by atoms with Crippen LogP contribution in [0.3, 0.4) is 0 Å². The molecule has 0 saturated heterocycles. The van der Waals surface area contributed by atoms with Gasteiger partial charge in [-0.1, -0.05) is 12.1 Å². The standard InChI is InChI=1S/C12H16N2.ClH/c1-8-3-4-9(2)12-11(8)10(5-6-13)7-14-12;/h3-4,7,14H,5-6,13H2,1-2H3;1H. The Labute approximate surface area is 96.3 Å². The maximum Gasteiger partial charge on any atom is 0.0489 e. The number of nitrogens with two attached hydrogens (primary N) is 1. The van der Waals surface area contributed by atoms with E-state index in [1.165, 1.54) is 27.6 Å². The Hall–Kier alpha value is -0.990. The van der Waals surface area contributed by atoms with Crippen molar-refractivity contribution in [3.8, 4) is 0 Å². The molecule has 1 heterocycles. The highest BCUT2D eigenvalue weighted by Gasteiger charge is 2.06. The van der Waals surface area contributed by atoms with Gasteiger partial charge in [0.25, 0.3) is 0 Å². The van der Waals surface area contributed by atoms with Crippen molar-refractivity contribution in [2.75, 3.05) is 6.54 Å². The average molecular weight is 225 g/mol. The summed E-state index contributed by atoms with van der Waals surface area (Å²) in [4.78, 5) is 3.33. The van der Waals surface area contributed by atoms with E-state index in [4.69, 9.17) is 5.73 Å². The van der Waals surface area contributed by atoms with Gasteiger partial charge in [-0.3, -0.25) is 0 Å². The average Bonchev–Trinajstić information content (AvgIpc) is 2.58. The molecule has 0 atom stereocenters. The maximum absolute atomic E-state index is 5.58. The monoisotopic (exact) mass is 224 g/mol. The molecule has 0 amide bonds. The summed E-state index contributed by atoms with van der Waals surface area (Å²) in [5.74, 6) is 0. The molecule has 2 rings (SSSR count). The number of rotatable bonds is 2. The number of hydrogen-bond acceptors (Lipinski definition) is 1. The molecule has 2 aromatic rings. The molecule has 15 heavy (non-hydrogen) atoms. The largest absolute Gasteiger partial charge is 0.361 e. The minimum atomic E-state index is 0. The fraction of sp³-hybridized carbons (Fsp3) is 0.333. The van der Waals surface area contributed by atoms with E-state index in [2.05, 4.69) is 37.2 Å². The number of aryl methyl sites for hydroxylation is 2. The second-order valence-electron chi connectivity index (χ2n) is 3.80. The van der Waals surface area contributed by atoms with E-state index in [0.717, 1.165) is 6.42 Å². The van der Waals surface area contributed by atoms with Crippen molar-refractivity contribution in [2.45, 2.75) is 20.3 Å². The van der Waals surface area contributed by atoms with E-state index in [0.29, 0.717) is 6.54 Å². The summed E-state index contributed by atoms with van der Waals surface area (Å²) >= 11 is 0. The van der Waals surface area contributed by atoms with Crippen molar-refractivity contribution >= 4 is 23.3 Å².